The number of carbonyl (C=O) groups excluding carboxylic acids is 2. The standard InChI is InChI=1S/C18H24N2O3/c1-23-17(22)14(13-5-3-2-4-6-13)12-20-16(21)15-11-18(15)7-9-19-10-8-18/h2-6,14-15,19H,7-12H2,1H3,(H,20,21). The van der Waals surface area contributed by atoms with E-state index >= 15 is 0 Å². The number of methoxy groups -OCH3 is 1. The number of carbonyl (C=O) groups is 2. The fraction of sp³-hybridized carbons (Fsp3) is 0.556. The predicted molar refractivity (Wildman–Crippen MR) is 86.9 cm³/mol. The minimum atomic E-state index is -0.451. The van der Waals surface area contributed by atoms with E-state index < -0.39 is 5.92 Å². The maximum atomic E-state index is 12.4. The first-order valence-corrected chi connectivity index (χ1v) is 8.27. The Morgan fingerprint density at radius 3 is 2.65 bits per heavy atom. The average Bonchev–Trinajstić information content (AvgIpc) is 3.29. The van der Waals surface area contributed by atoms with Crippen LogP contribution < -0.4 is 10.6 Å². The third-order valence-electron chi connectivity index (χ3n) is 5.27. The SMILES string of the molecule is COC(=O)C(CNC(=O)C1CC12CCNCC2)c1ccccc1. The molecule has 23 heavy (non-hydrogen) atoms. The van der Waals surface area contributed by atoms with Gasteiger partial charge in [0, 0.05) is 12.5 Å². The Morgan fingerprint density at radius 1 is 1.30 bits per heavy atom. The Labute approximate surface area is 136 Å². The van der Waals surface area contributed by atoms with E-state index in [-0.39, 0.29) is 23.2 Å². The molecule has 1 saturated carbocycles. The molecule has 1 aliphatic heterocycles. The van der Waals surface area contributed by atoms with E-state index in [9.17, 15) is 9.59 Å². The Balaban J connectivity index is 1.59. The third kappa shape index (κ3) is 3.39. The highest BCUT2D eigenvalue weighted by atomic mass is 16.5. The van der Waals surface area contributed by atoms with Crippen LogP contribution in [0.2, 0.25) is 0 Å². The number of esters is 1. The summed E-state index contributed by atoms with van der Waals surface area (Å²) < 4.78 is 4.89. The van der Waals surface area contributed by atoms with Crippen LogP contribution >= 0.6 is 0 Å². The summed E-state index contributed by atoms with van der Waals surface area (Å²) in [6.07, 6.45) is 3.13. The highest BCUT2D eigenvalue weighted by molar-refractivity contribution is 5.84. The smallest absolute Gasteiger partial charge is 0.314 e. The van der Waals surface area contributed by atoms with Crippen molar-refractivity contribution >= 4 is 11.9 Å². The molecule has 2 aliphatic rings. The van der Waals surface area contributed by atoms with Crippen LogP contribution in [0.5, 0.6) is 0 Å². The van der Waals surface area contributed by atoms with Gasteiger partial charge in [0.1, 0.15) is 0 Å². The Morgan fingerprint density at radius 2 is 2.00 bits per heavy atom. The molecule has 0 aromatic heterocycles. The highest BCUT2D eigenvalue weighted by Gasteiger charge is 2.57. The Hall–Kier alpha value is -1.88. The van der Waals surface area contributed by atoms with Gasteiger partial charge in [-0.15, -0.1) is 0 Å². The first-order valence-electron chi connectivity index (χ1n) is 8.27. The number of amides is 1. The monoisotopic (exact) mass is 316 g/mol. The van der Waals surface area contributed by atoms with Crippen LogP contribution in [0.15, 0.2) is 30.3 Å². The zero-order valence-electron chi connectivity index (χ0n) is 13.5. The molecule has 3 rings (SSSR count). The van der Waals surface area contributed by atoms with Gasteiger partial charge in [0.25, 0.3) is 0 Å². The summed E-state index contributed by atoms with van der Waals surface area (Å²) >= 11 is 0. The van der Waals surface area contributed by atoms with Crippen LogP contribution in [-0.4, -0.2) is 38.6 Å². The van der Waals surface area contributed by atoms with Crippen molar-refractivity contribution in [2.24, 2.45) is 11.3 Å². The quantitative estimate of drug-likeness (QED) is 0.807. The van der Waals surface area contributed by atoms with Crippen LogP contribution in [0.4, 0.5) is 0 Å². The molecule has 1 saturated heterocycles. The van der Waals surface area contributed by atoms with E-state index in [0.29, 0.717) is 6.54 Å². The molecule has 2 N–H and O–H groups in total. The molecule has 1 amide bonds. The van der Waals surface area contributed by atoms with Gasteiger partial charge < -0.3 is 15.4 Å². The van der Waals surface area contributed by atoms with Crippen LogP contribution in [0.25, 0.3) is 0 Å². The molecule has 1 aromatic rings. The zero-order valence-corrected chi connectivity index (χ0v) is 13.5. The molecule has 0 bridgehead atoms. The second-order valence-corrected chi connectivity index (χ2v) is 6.60. The van der Waals surface area contributed by atoms with Gasteiger partial charge in [-0.2, -0.15) is 0 Å². The van der Waals surface area contributed by atoms with Crippen molar-refractivity contribution in [2.45, 2.75) is 25.2 Å². The third-order valence-corrected chi connectivity index (χ3v) is 5.27. The lowest BCUT2D eigenvalue weighted by atomic mass is 9.91. The summed E-state index contributed by atoms with van der Waals surface area (Å²) in [5, 5.41) is 6.31. The number of piperidine rings is 1. The van der Waals surface area contributed by atoms with Gasteiger partial charge in [0.2, 0.25) is 5.91 Å². The summed E-state index contributed by atoms with van der Waals surface area (Å²) in [6.45, 7) is 2.29. The molecule has 5 nitrogen and oxygen atoms in total. The lowest BCUT2D eigenvalue weighted by Gasteiger charge is -2.23. The fourth-order valence-corrected chi connectivity index (χ4v) is 3.69. The first-order chi connectivity index (χ1) is 11.2. The Bertz CT molecular complexity index is 567. The number of nitrogens with one attached hydrogen (secondary N) is 2. The van der Waals surface area contributed by atoms with Crippen molar-refractivity contribution in [1.29, 1.82) is 0 Å². The van der Waals surface area contributed by atoms with Crippen LogP contribution in [0.3, 0.4) is 0 Å². The van der Waals surface area contributed by atoms with Crippen molar-refractivity contribution in [3.8, 4) is 0 Å². The first kappa shape index (κ1) is 16.0. The number of ether oxygens (including phenoxy) is 1. The molecule has 2 unspecified atom stereocenters. The fourth-order valence-electron chi connectivity index (χ4n) is 3.69. The normalized spacial score (nSPS) is 23.1. The van der Waals surface area contributed by atoms with Crippen molar-refractivity contribution < 1.29 is 14.3 Å². The molecule has 124 valence electrons. The summed E-state index contributed by atoms with van der Waals surface area (Å²) in [6, 6.07) is 9.45. The maximum Gasteiger partial charge on any atom is 0.314 e. The van der Waals surface area contributed by atoms with E-state index in [2.05, 4.69) is 10.6 Å². The molecular weight excluding hydrogens is 292 g/mol. The molecule has 0 radical (unpaired) electrons. The Kier molecular flexibility index (Phi) is 4.66. The molecule has 1 aromatic carbocycles. The second kappa shape index (κ2) is 6.71. The van der Waals surface area contributed by atoms with Crippen molar-refractivity contribution in [2.75, 3.05) is 26.7 Å². The van der Waals surface area contributed by atoms with Gasteiger partial charge in [-0.1, -0.05) is 30.3 Å². The molecule has 2 atom stereocenters. The van der Waals surface area contributed by atoms with Crippen molar-refractivity contribution in [3.05, 3.63) is 35.9 Å². The lowest BCUT2D eigenvalue weighted by Crippen LogP contribution is -2.36. The second-order valence-electron chi connectivity index (χ2n) is 6.60. The maximum absolute atomic E-state index is 12.4. The minimum absolute atomic E-state index is 0.0803. The largest absolute Gasteiger partial charge is 0.468 e. The van der Waals surface area contributed by atoms with Crippen molar-refractivity contribution in [3.63, 3.8) is 0 Å². The molecule has 2 fully saturated rings. The number of benzene rings is 1. The minimum Gasteiger partial charge on any atom is -0.468 e. The van der Waals surface area contributed by atoms with Crippen molar-refractivity contribution in [1.82, 2.24) is 10.6 Å². The molecule has 1 aliphatic carbocycles. The van der Waals surface area contributed by atoms with Crippen LogP contribution in [0.1, 0.15) is 30.7 Å². The lowest BCUT2D eigenvalue weighted by molar-refractivity contribution is -0.142. The molecular formula is C18H24N2O3. The molecule has 1 heterocycles. The van der Waals surface area contributed by atoms with Gasteiger partial charge in [0.05, 0.1) is 13.0 Å². The number of hydrogen-bond donors (Lipinski definition) is 2. The zero-order chi connectivity index (χ0) is 16.3. The number of rotatable bonds is 5. The molecule has 5 heteroatoms. The predicted octanol–water partition coefficient (Wildman–Crippen LogP) is 1.45. The highest BCUT2D eigenvalue weighted by Crippen LogP contribution is 2.58. The van der Waals surface area contributed by atoms with E-state index in [0.717, 1.165) is 37.9 Å². The van der Waals surface area contributed by atoms with E-state index in [1.165, 1.54) is 7.11 Å². The van der Waals surface area contributed by atoms with E-state index in [4.69, 9.17) is 4.74 Å². The van der Waals surface area contributed by atoms with E-state index in [1.54, 1.807) is 0 Å². The number of hydrogen-bond acceptors (Lipinski definition) is 4. The summed E-state index contributed by atoms with van der Waals surface area (Å²) in [7, 11) is 1.38. The molecule has 1 spiro atoms. The van der Waals surface area contributed by atoms with Gasteiger partial charge in [-0.05, 0) is 43.3 Å². The van der Waals surface area contributed by atoms with Gasteiger partial charge in [-0.3, -0.25) is 9.59 Å². The van der Waals surface area contributed by atoms with E-state index in [1.807, 2.05) is 30.3 Å². The summed E-state index contributed by atoms with van der Waals surface area (Å²) in [5.41, 5.74) is 1.08. The van der Waals surface area contributed by atoms with Gasteiger partial charge in [-0.25, -0.2) is 0 Å². The topological polar surface area (TPSA) is 67.4 Å². The van der Waals surface area contributed by atoms with Crippen LogP contribution in [-0.2, 0) is 14.3 Å². The average molecular weight is 316 g/mol. The van der Waals surface area contributed by atoms with Gasteiger partial charge in [0.15, 0.2) is 0 Å². The summed E-state index contributed by atoms with van der Waals surface area (Å²) in [5.74, 6) is -0.577. The summed E-state index contributed by atoms with van der Waals surface area (Å²) in [4.78, 5) is 24.5. The van der Waals surface area contributed by atoms with Crippen LogP contribution in [0, 0.1) is 11.3 Å². The van der Waals surface area contributed by atoms with Gasteiger partial charge >= 0.3 is 5.97 Å².